The standard InChI is InChI=1S/C26H34ClNO3/c27-23-14-12-22(13-15-23)26(21-9-5-4-6-10-21)31-24-16-19-28(20-17-24)18-8-3-1-2-7-11-25(29)30/h4-6,9-10,12-15,24,26H,1-3,7-8,11,16-20H2,(H,29,30). The zero-order valence-corrected chi connectivity index (χ0v) is 19.0. The minimum atomic E-state index is -0.685. The van der Waals surface area contributed by atoms with E-state index in [9.17, 15) is 4.79 Å². The molecule has 5 heteroatoms. The Bertz CT molecular complexity index is 773. The number of nitrogens with zero attached hydrogens (tertiary/aromatic N) is 1. The first-order chi connectivity index (χ1) is 15.1. The molecule has 2 aromatic rings. The number of ether oxygens (including phenoxy) is 1. The van der Waals surface area contributed by atoms with E-state index < -0.39 is 5.97 Å². The van der Waals surface area contributed by atoms with Crippen LogP contribution in [0.2, 0.25) is 5.02 Å². The molecule has 1 aliphatic rings. The van der Waals surface area contributed by atoms with E-state index in [2.05, 4.69) is 41.3 Å². The van der Waals surface area contributed by atoms with Gasteiger partial charge in [-0.3, -0.25) is 4.79 Å². The normalized spacial score (nSPS) is 16.3. The van der Waals surface area contributed by atoms with Crippen molar-refractivity contribution < 1.29 is 14.6 Å². The van der Waals surface area contributed by atoms with Gasteiger partial charge in [-0.05, 0) is 55.5 Å². The molecule has 1 unspecified atom stereocenters. The average Bonchev–Trinajstić information content (AvgIpc) is 2.79. The second kappa shape index (κ2) is 12.8. The fourth-order valence-corrected chi connectivity index (χ4v) is 4.34. The van der Waals surface area contributed by atoms with Gasteiger partial charge in [0.1, 0.15) is 6.10 Å². The number of aliphatic carboxylic acids is 1. The van der Waals surface area contributed by atoms with Gasteiger partial charge in [0.05, 0.1) is 6.10 Å². The second-order valence-corrected chi connectivity index (χ2v) is 8.87. The van der Waals surface area contributed by atoms with Crippen LogP contribution in [0.1, 0.15) is 68.6 Å². The lowest BCUT2D eigenvalue weighted by Crippen LogP contribution is -2.38. The molecule has 31 heavy (non-hydrogen) atoms. The number of hydrogen-bond donors (Lipinski definition) is 1. The quantitative estimate of drug-likeness (QED) is 0.389. The first-order valence-corrected chi connectivity index (χ1v) is 11.9. The molecule has 168 valence electrons. The second-order valence-electron chi connectivity index (χ2n) is 8.43. The summed E-state index contributed by atoms with van der Waals surface area (Å²) in [5, 5.41) is 9.42. The summed E-state index contributed by atoms with van der Waals surface area (Å²) in [6.07, 6.45) is 7.92. The number of carboxylic acid groups (broad SMARTS) is 1. The number of likely N-dealkylation sites (tertiary alicyclic amines) is 1. The minimum absolute atomic E-state index is 0.0687. The highest BCUT2D eigenvalue weighted by Gasteiger charge is 2.24. The third kappa shape index (κ3) is 8.29. The number of piperidine rings is 1. The van der Waals surface area contributed by atoms with Crippen molar-refractivity contribution in [3.63, 3.8) is 0 Å². The van der Waals surface area contributed by atoms with Crippen molar-refractivity contribution in [2.24, 2.45) is 0 Å². The molecule has 0 aromatic heterocycles. The van der Waals surface area contributed by atoms with Crippen LogP contribution >= 0.6 is 11.6 Å². The van der Waals surface area contributed by atoms with Gasteiger partial charge in [0.25, 0.3) is 0 Å². The molecule has 1 N–H and O–H groups in total. The number of rotatable bonds is 12. The van der Waals surface area contributed by atoms with Gasteiger partial charge in [-0.15, -0.1) is 0 Å². The first kappa shape index (κ1) is 23.8. The smallest absolute Gasteiger partial charge is 0.303 e. The highest BCUT2D eigenvalue weighted by Crippen LogP contribution is 2.30. The van der Waals surface area contributed by atoms with Gasteiger partial charge in [0.2, 0.25) is 0 Å². The number of carbonyl (C=O) groups is 1. The largest absolute Gasteiger partial charge is 0.481 e. The summed E-state index contributed by atoms with van der Waals surface area (Å²) in [4.78, 5) is 13.1. The minimum Gasteiger partial charge on any atom is -0.481 e. The van der Waals surface area contributed by atoms with Gasteiger partial charge >= 0.3 is 5.97 Å². The SMILES string of the molecule is O=C(O)CCCCCCCN1CCC(OC(c2ccccc2)c2ccc(Cl)cc2)CC1. The molecule has 1 heterocycles. The predicted octanol–water partition coefficient (Wildman–Crippen LogP) is 6.34. The number of benzene rings is 2. The molecule has 0 radical (unpaired) electrons. The van der Waals surface area contributed by atoms with Gasteiger partial charge in [0, 0.05) is 24.5 Å². The van der Waals surface area contributed by atoms with Crippen LogP contribution < -0.4 is 0 Å². The highest BCUT2D eigenvalue weighted by molar-refractivity contribution is 6.30. The highest BCUT2D eigenvalue weighted by atomic mass is 35.5. The lowest BCUT2D eigenvalue weighted by atomic mass is 10.00. The van der Waals surface area contributed by atoms with Gasteiger partial charge in [-0.1, -0.05) is 73.3 Å². The maximum atomic E-state index is 10.5. The Morgan fingerprint density at radius 3 is 2.23 bits per heavy atom. The average molecular weight is 444 g/mol. The van der Waals surface area contributed by atoms with Crippen molar-refractivity contribution in [1.29, 1.82) is 0 Å². The molecular weight excluding hydrogens is 410 g/mol. The summed E-state index contributed by atoms with van der Waals surface area (Å²) in [5.41, 5.74) is 2.32. The van der Waals surface area contributed by atoms with Crippen LogP contribution in [0.5, 0.6) is 0 Å². The predicted molar refractivity (Wildman–Crippen MR) is 126 cm³/mol. The molecule has 1 atom stereocenters. The van der Waals surface area contributed by atoms with E-state index >= 15 is 0 Å². The molecule has 2 aromatic carbocycles. The summed E-state index contributed by atoms with van der Waals surface area (Å²) < 4.78 is 6.62. The van der Waals surface area contributed by atoms with Crippen molar-refractivity contribution >= 4 is 17.6 Å². The zero-order chi connectivity index (χ0) is 21.9. The van der Waals surface area contributed by atoms with E-state index in [0.29, 0.717) is 6.42 Å². The molecule has 0 saturated carbocycles. The maximum absolute atomic E-state index is 10.5. The van der Waals surface area contributed by atoms with Crippen LogP contribution in [0.3, 0.4) is 0 Å². The molecule has 0 aliphatic carbocycles. The van der Waals surface area contributed by atoms with Crippen molar-refractivity contribution in [2.45, 2.75) is 63.6 Å². The van der Waals surface area contributed by atoms with Crippen LogP contribution in [0.25, 0.3) is 0 Å². The molecule has 0 bridgehead atoms. The van der Waals surface area contributed by atoms with Crippen molar-refractivity contribution in [2.75, 3.05) is 19.6 Å². The lowest BCUT2D eigenvalue weighted by Gasteiger charge is -2.34. The summed E-state index contributed by atoms with van der Waals surface area (Å²) in [6.45, 7) is 3.28. The fraction of sp³-hybridized carbons (Fsp3) is 0.500. The van der Waals surface area contributed by atoms with E-state index in [4.69, 9.17) is 21.4 Å². The Hall–Kier alpha value is -1.88. The van der Waals surface area contributed by atoms with Crippen molar-refractivity contribution in [1.82, 2.24) is 4.90 Å². The fourth-order valence-electron chi connectivity index (χ4n) is 4.22. The third-order valence-corrected chi connectivity index (χ3v) is 6.26. The Kier molecular flexibility index (Phi) is 9.85. The summed E-state index contributed by atoms with van der Waals surface area (Å²) >= 11 is 6.09. The van der Waals surface area contributed by atoms with E-state index in [1.807, 2.05) is 18.2 Å². The molecule has 3 rings (SSSR count). The number of hydrogen-bond acceptors (Lipinski definition) is 3. The Morgan fingerprint density at radius 2 is 1.55 bits per heavy atom. The van der Waals surface area contributed by atoms with Gasteiger partial charge in [0.15, 0.2) is 0 Å². The molecule has 1 saturated heterocycles. The summed E-state index contributed by atoms with van der Waals surface area (Å²) in [6, 6.07) is 18.4. The lowest BCUT2D eigenvalue weighted by molar-refractivity contribution is -0.137. The van der Waals surface area contributed by atoms with Gasteiger partial charge in [-0.2, -0.15) is 0 Å². The number of halogens is 1. The maximum Gasteiger partial charge on any atom is 0.303 e. The summed E-state index contributed by atoms with van der Waals surface area (Å²) in [7, 11) is 0. The van der Waals surface area contributed by atoms with Gasteiger partial charge < -0.3 is 14.7 Å². The number of unbranched alkanes of at least 4 members (excludes halogenated alkanes) is 4. The monoisotopic (exact) mass is 443 g/mol. The Balaban J connectivity index is 1.43. The Morgan fingerprint density at radius 1 is 0.935 bits per heavy atom. The van der Waals surface area contributed by atoms with Crippen LogP contribution in [0.15, 0.2) is 54.6 Å². The first-order valence-electron chi connectivity index (χ1n) is 11.5. The molecule has 1 fully saturated rings. The van der Waals surface area contributed by atoms with E-state index in [1.165, 1.54) is 18.4 Å². The molecule has 0 spiro atoms. The van der Waals surface area contributed by atoms with E-state index in [0.717, 1.165) is 62.3 Å². The molecular formula is C26H34ClNO3. The topological polar surface area (TPSA) is 49.8 Å². The third-order valence-electron chi connectivity index (χ3n) is 6.00. The van der Waals surface area contributed by atoms with E-state index in [1.54, 1.807) is 0 Å². The molecule has 0 amide bonds. The van der Waals surface area contributed by atoms with E-state index in [-0.39, 0.29) is 12.2 Å². The van der Waals surface area contributed by atoms with Crippen molar-refractivity contribution in [3.8, 4) is 0 Å². The van der Waals surface area contributed by atoms with Crippen molar-refractivity contribution in [3.05, 3.63) is 70.7 Å². The Labute approximate surface area is 191 Å². The van der Waals surface area contributed by atoms with Crippen LogP contribution in [0.4, 0.5) is 0 Å². The van der Waals surface area contributed by atoms with Crippen LogP contribution in [-0.4, -0.2) is 41.7 Å². The zero-order valence-electron chi connectivity index (χ0n) is 18.2. The molecule has 4 nitrogen and oxygen atoms in total. The van der Waals surface area contributed by atoms with Crippen LogP contribution in [-0.2, 0) is 9.53 Å². The van der Waals surface area contributed by atoms with Gasteiger partial charge in [-0.25, -0.2) is 0 Å². The summed E-state index contributed by atoms with van der Waals surface area (Å²) in [5.74, 6) is -0.685. The molecule has 1 aliphatic heterocycles. The number of carboxylic acids is 1. The van der Waals surface area contributed by atoms with Crippen LogP contribution in [0, 0.1) is 0 Å².